The van der Waals surface area contributed by atoms with Crippen LogP contribution >= 0.6 is 0 Å². The highest BCUT2D eigenvalue weighted by atomic mass is 15.2. The van der Waals surface area contributed by atoms with Gasteiger partial charge in [-0.2, -0.15) is 10.1 Å². The predicted molar refractivity (Wildman–Crippen MR) is 98.5 cm³/mol. The van der Waals surface area contributed by atoms with Crippen LogP contribution in [0.25, 0.3) is 0 Å². The number of rotatable bonds is 4. The minimum Gasteiger partial charge on any atom is -0.368 e. The maximum atomic E-state index is 5.74. The zero-order valence-electron chi connectivity index (χ0n) is 14.1. The van der Waals surface area contributed by atoms with Crippen molar-refractivity contribution >= 4 is 11.8 Å². The quantitative estimate of drug-likeness (QED) is 0.766. The Morgan fingerprint density at radius 2 is 2.08 bits per heavy atom. The molecule has 3 aromatic rings. The number of aromatic nitrogens is 4. The first kappa shape index (κ1) is 15.6. The van der Waals surface area contributed by atoms with Crippen molar-refractivity contribution in [3.05, 3.63) is 65.6 Å². The minimum atomic E-state index is 0.325. The number of nitrogens with zero attached hydrogens (tertiary/aromatic N) is 4. The molecule has 4 rings (SSSR count). The second kappa shape index (κ2) is 6.93. The Bertz CT molecular complexity index is 829. The van der Waals surface area contributed by atoms with Crippen molar-refractivity contribution in [2.24, 2.45) is 0 Å². The number of aromatic amines is 1. The molecule has 0 bridgehead atoms. The Balaban J connectivity index is 1.53. The predicted octanol–water partition coefficient (Wildman–Crippen LogP) is 2.76. The van der Waals surface area contributed by atoms with Gasteiger partial charge < -0.3 is 10.6 Å². The molecular weight excluding hydrogens is 312 g/mol. The lowest BCUT2D eigenvalue weighted by atomic mass is 9.91. The van der Waals surface area contributed by atoms with E-state index < -0.39 is 0 Å². The summed E-state index contributed by atoms with van der Waals surface area (Å²) in [7, 11) is 0. The molecule has 1 unspecified atom stereocenters. The number of H-pyrrole nitrogens is 1. The summed E-state index contributed by atoms with van der Waals surface area (Å²) in [6, 6.07) is 12.5. The second-order valence-corrected chi connectivity index (χ2v) is 6.53. The average Bonchev–Trinajstić information content (AvgIpc) is 3.11. The number of hydrogen-bond acceptors (Lipinski definition) is 5. The van der Waals surface area contributed by atoms with E-state index in [-0.39, 0.29) is 0 Å². The van der Waals surface area contributed by atoms with Gasteiger partial charge in [-0.3, -0.25) is 5.10 Å². The van der Waals surface area contributed by atoms with E-state index in [0.717, 1.165) is 38.2 Å². The average molecular weight is 334 g/mol. The first-order valence-electron chi connectivity index (χ1n) is 8.69. The topological polar surface area (TPSA) is 83.7 Å². The molecule has 6 heteroatoms. The molecule has 1 aromatic carbocycles. The van der Waals surface area contributed by atoms with Gasteiger partial charge in [0.1, 0.15) is 5.82 Å². The molecule has 1 aliphatic heterocycles. The van der Waals surface area contributed by atoms with E-state index in [1.165, 1.54) is 16.8 Å². The summed E-state index contributed by atoms with van der Waals surface area (Å²) < 4.78 is 0. The molecule has 1 fully saturated rings. The first-order chi connectivity index (χ1) is 12.3. The van der Waals surface area contributed by atoms with Crippen molar-refractivity contribution in [3.8, 4) is 0 Å². The summed E-state index contributed by atoms with van der Waals surface area (Å²) in [5, 5.41) is 7.56. The van der Waals surface area contributed by atoms with Crippen LogP contribution in [0.5, 0.6) is 0 Å². The molecule has 0 aliphatic carbocycles. The number of benzene rings is 1. The third-order valence-corrected chi connectivity index (χ3v) is 4.80. The van der Waals surface area contributed by atoms with E-state index in [9.17, 15) is 0 Å². The number of nitrogen functional groups attached to an aromatic ring is 1. The summed E-state index contributed by atoms with van der Waals surface area (Å²) in [5.41, 5.74) is 9.57. The van der Waals surface area contributed by atoms with Gasteiger partial charge in [0.15, 0.2) is 0 Å². The molecule has 0 amide bonds. The largest absolute Gasteiger partial charge is 0.368 e. The lowest BCUT2D eigenvalue weighted by Crippen LogP contribution is -2.35. The van der Waals surface area contributed by atoms with Gasteiger partial charge in [0.25, 0.3) is 0 Å². The molecule has 0 spiro atoms. The molecular formula is C19H22N6. The molecule has 0 saturated carbocycles. The van der Waals surface area contributed by atoms with Crippen LogP contribution in [-0.4, -0.2) is 33.3 Å². The lowest BCUT2D eigenvalue weighted by Gasteiger charge is -2.33. The molecule has 25 heavy (non-hydrogen) atoms. The normalized spacial score (nSPS) is 17.6. The van der Waals surface area contributed by atoms with Crippen LogP contribution in [0.1, 0.15) is 35.6 Å². The van der Waals surface area contributed by atoms with Crippen LogP contribution in [0, 0.1) is 0 Å². The summed E-state index contributed by atoms with van der Waals surface area (Å²) in [4.78, 5) is 10.6. The Morgan fingerprint density at radius 3 is 2.92 bits per heavy atom. The highest BCUT2D eigenvalue weighted by Crippen LogP contribution is 2.30. The van der Waals surface area contributed by atoms with Crippen molar-refractivity contribution in [2.45, 2.75) is 25.2 Å². The number of nitrogens with one attached hydrogen (secondary N) is 1. The smallest absolute Gasteiger partial charge is 0.221 e. The molecule has 0 radical (unpaired) electrons. The number of hydrogen-bond donors (Lipinski definition) is 2. The van der Waals surface area contributed by atoms with Gasteiger partial charge in [-0.25, -0.2) is 4.98 Å². The fourth-order valence-electron chi connectivity index (χ4n) is 3.59. The highest BCUT2D eigenvalue weighted by Gasteiger charge is 2.25. The van der Waals surface area contributed by atoms with E-state index in [0.29, 0.717) is 11.9 Å². The van der Waals surface area contributed by atoms with Gasteiger partial charge in [0.05, 0.1) is 6.20 Å². The van der Waals surface area contributed by atoms with Crippen LogP contribution < -0.4 is 10.6 Å². The molecule has 1 saturated heterocycles. The van der Waals surface area contributed by atoms with Crippen molar-refractivity contribution in [1.82, 2.24) is 20.2 Å². The van der Waals surface area contributed by atoms with Gasteiger partial charge in [-0.1, -0.05) is 30.3 Å². The summed E-state index contributed by atoms with van der Waals surface area (Å²) in [6.07, 6.45) is 6.87. The van der Waals surface area contributed by atoms with Crippen LogP contribution in [0.4, 0.5) is 11.8 Å². The maximum Gasteiger partial charge on any atom is 0.221 e. The third kappa shape index (κ3) is 3.47. The molecule has 2 aromatic heterocycles. The van der Waals surface area contributed by atoms with Gasteiger partial charge in [-0.05, 0) is 30.0 Å². The molecule has 6 nitrogen and oxygen atoms in total. The van der Waals surface area contributed by atoms with Crippen LogP contribution in [-0.2, 0) is 6.42 Å². The third-order valence-electron chi connectivity index (χ3n) is 4.80. The van der Waals surface area contributed by atoms with Crippen molar-refractivity contribution in [2.75, 3.05) is 23.7 Å². The number of piperidine rings is 1. The number of nitrogens with two attached hydrogens (primary N) is 1. The Morgan fingerprint density at radius 1 is 1.20 bits per heavy atom. The fourth-order valence-corrected chi connectivity index (χ4v) is 3.59. The highest BCUT2D eigenvalue weighted by molar-refractivity contribution is 5.42. The van der Waals surface area contributed by atoms with Crippen molar-refractivity contribution in [3.63, 3.8) is 0 Å². The standard InChI is InChI=1S/C19H22N6/c20-19-21-9-8-17(23-19)25-10-4-7-15(13-25)18-16(12-22-24-18)11-14-5-2-1-3-6-14/h1-3,5-6,8-9,12,15H,4,7,10-11,13H2,(H,22,24)(H2,20,21,23). The molecule has 3 N–H and O–H groups in total. The van der Waals surface area contributed by atoms with Crippen LogP contribution in [0.2, 0.25) is 0 Å². The zero-order valence-corrected chi connectivity index (χ0v) is 14.1. The SMILES string of the molecule is Nc1nccc(N2CCCC(c3[nH]ncc3Cc3ccccc3)C2)n1. The van der Waals surface area contributed by atoms with E-state index in [2.05, 4.69) is 49.3 Å². The molecule has 3 heterocycles. The molecule has 1 atom stereocenters. The molecule has 128 valence electrons. The van der Waals surface area contributed by atoms with Gasteiger partial charge in [0.2, 0.25) is 5.95 Å². The summed E-state index contributed by atoms with van der Waals surface area (Å²) in [6.45, 7) is 1.91. The Labute approximate surface area is 147 Å². The second-order valence-electron chi connectivity index (χ2n) is 6.53. The minimum absolute atomic E-state index is 0.325. The Hall–Kier alpha value is -2.89. The summed E-state index contributed by atoms with van der Waals surface area (Å²) in [5.74, 6) is 1.65. The van der Waals surface area contributed by atoms with E-state index in [4.69, 9.17) is 5.73 Å². The van der Waals surface area contributed by atoms with Crippen LogP contribution in [0.3, 0.4) is 0 Å². The molecule has 1 aliphatic rings. The van der Waals surface area contributed by atoms with E-state index in [1.54, 1.807) is 6.20 Å². The lowest BCUT2D eigenvalue weighted by molar-refractivity contribution is 0.496. The van der Waals surface area contributed by atoms with Gasteiger partial charge in [-0.15, -0.1) is 0 Å². The van der Waals surface area contributed by atoms with E-state index in [1.807, 2.05) is 18.3 Å². The van der Waals surface area contributed by atoms with Gasteiger partial charge >= 0.3 is 0 Å². The number of anilines is 2. The van der Waals surface area contributed by atoms with Crippen LogP contribution in [0.15, 0.2) is 48.8 Å². The Kier molecular flexibility index (Phi) is 4.33. The van der Waals surface area contributed by atoms with Gasteiger partial charge in [0, 0.05) is 37.3 Å². The van der Waals surface area contributed by atoms with Crippen molar-refractivity contribution < 1.29 is 0 Å². The zero-order chi connectivity index (χ0) is 17.1. The first-order valence-corrected chi connectivity index (χ1v) is 8.69. The monoisotopic (exact) mass is 334 g/mol. The van der Waals surface area contributed by atoms with E-state index >= 15 is 0 Å². The maximum absolute atomic E-state index is 5.74. The summed E-state index contributed by atoms with van der Waals surface area (Å²) >= 11 is 0. The fraction of sp³-hybridized carbons (Fsp3) is 0.316. The van der Waals surface area contributed by atoms with Crippen molar-refractivity contribution in [1.29, 1.82) is 0 Å².